The molecule has 0 aromatic heterocycles. The van der Waals surface area contributed by atoms with Crippen molar-refractivity contribution in [1.82, 2.24) is 4.90 Å². The largest absolute Gasteiger partial charge is 0.510 e. The third kappa shape index (κ3) is 3.85. The molecular weight excluding hydrogens is 510 g/mol. The number of hydrogen-bond donors (Lipinski definition) is 7. The molecule has 12 nitrogen and oxygen atoms in total. The van der Waals surface area contributed by atoms with Crippen molar-refractivity contribution in [2.75, 3.05) is 14.1 Å². The Labute approximate surface area is 224 Å². The Morgan fingerprint density at radius 1 is 1.15 bits per heavy atom. The number of Topliss-reactive ketones (excluding diaryl/α,β-unsaturated/α-hetero) is 2. The van der Waals surface area contributed by atoms with E-state index in [1.165, 1.54) is 25.1 Å². The molecule has 210 valence electrons. The fourth-order valence-electron chi connectivity index (χ4n) is 6.33. The van der Waals surface area contributed by atoms with E-state index in [4.69, 9.17) is 11.5 Å². The highest BCUT2D eigenvalue weighted by molar-refractivity contribution is 6.24. The number of aliphatic hydroxyl groups is 3. The van der Waals surface area contributed by atoms with E-state index in [9.17, 15) is 44.7 Å². The Balaban J connectivity index is 2.03. The minimum absolute atomic E-state index is 0.0527. The number of carbonyl (C=O) groups is 4. The molecule has 4 rings (SSSR count). The van der Waals surface area contributed by atoms with Crippen molar-refractivity contribution >= 4 is 23.4 Å². The third-order valence-corrected chi connectivity index (χ3v) is 8.17. The van der Waals surface area contributed by atoms with Crippen molar-refractivity contribution in [2.24, 2.45) is 23.3 Å². The van der Waals surface area contributed by atoms with Crippen LogP contribution >= 0.6 is 0 Å². The van der Waals surface area contributed by atoms with E-state index in [2.05, 4.69) is 0 Å². The molecule has 0 heterocycles. The van der Waals surface area contributed by atoms with Gasteiger partial charge in [-0.3, -0.25) is 24.1 Å². The van der Waals surface area contributed by atoms with Crippen LogP contribution in [0.3, 0.4) is 0 Å². The number of nitrogens with zero attached hydrogens (tertiary/aromatic N) is 1. The number of allylic oxidation sites excluding steroid dienone is 1. The van der Waals surface area contributed by atoms with E-state index < -0.39 is 81.2 Å². The molecule has 3 aliphatic rings. The van der Waals surface area contributed by atoms with E-state index >= 15 is 0 Å². The van der Waals surface area contributed by atoms with Crippen molar-refractivity contribution in [3.05, 3.63) is 51.0 Å². The van der Waals surface area contributed by atoms with E-state index in [1.54, 1.807) is 20.8 Å². The van der Waals surface area contributed by atoms with Crippen LogP contribution in [0.4, 0.5) is 0 Å². The summed E-state index contributed by atoms with van der Waals surface area (Å²) in [6.45, 7) is 5.24. The minimum Gasteiger partial charge on any atom is -0.510 e. The summed E-state index contributed by atoms with van der Waals surface area (Å²) in [6, 6.07) is -1.19. The van der Waals surface area contributed by atoms with Crippen LogP contribution in [-0.4, -0.2) is 79.6 Å². The van der Waals surface area contributed by atoms with Crippen LogP contribution in [0.15, 0.2) is 28.7 Å². The van der Waals surface area contributed by atoms with Crippen molar-refractivity contribution in [3.63, 3.8) is 0 Å². The molecule has 0 radical (unpaired) electrons. The Morgan fingerprint density at radius 2 is 1.74 bits per heavy atom. The first-order chi connectivity index (χ1) is 17.9. The maximum absolute atomic E-state index is 14.0. The summed E-state index contributed by atoms with van der Waals surface area (Å²) in [6.07, 6.45) is -0.169. The number of hydrogen-bond acceptors (Lipinski definition) is 10. The van der Waals surface area contributed by atoms with Crippen LogP contribution in [0.25, 0.3) is 0 Å². The fourth-order valence-corrected chi connectivity index (χ4v) is 6.33. The molecular formula is C27H33N3O9. The monoisotopic (exact) mass is 543 g/mol. The second kappa shape index (κ2) is 8.90. The van der Waals surface area contributed by atoms with Gasteiger partial charge in [-0.2, -0.15) is 0 Å². The minimum atomic E-state index is -2.76. The number of fused-ring (bicyclic) bond motifs is 3. The molecule has 0 spiro atoms. The number of carboxylic acids is 1. The maximum Gasteiger partial charge on any atom is 0.325 e. The molecule has 12 heteroatoms. The molecule has 9 N–H and O–H groups in total. The Morgan fingerprint density at radius 3 is 2.23 bits per heavy atom. The smallest absolute Gasteiger partial charge is 0.325 e. The molecule has 1 amide bonds. The highest BCUT2D eigenvalue weighted by atomic mass is 16.4. The highest BCUT2D eigenvalue weighted by Crippen LogP contribution is 2.53. The first kappa shape index (κ1) is 28.3. The summed E-state index contributed by atoms with van der Waals surface area (Å²) in [4.78, 5) is 52.8. The van der Waals surface area contributed by atoms with Gasteiger partial charge in [-0.15, -0.1) is 0 Å². The van der Waals surface area contributed by atoms with Crippen molar-refractivity contribution in [2.45, 2.75) is 56.7 Å². The SMILES string of the molecule is CN(C)[C@@H]1C(O)=C(C(N)=O)C(=O)[C@@]2(O)C(O)=C3C(=O)c4c(O)c(C(C)(C)C)cc(C(N)C(=O)O)c4C[C@@H]3C[C@@H]12. The predicted molar refractivity (Wildman–Crippen MR) is 137 cm³/mol. The molecule has 0 fully saturated rings. The quantitative estimate of drug-likeness (QED) is 0.259. The number of phenols is 1. The van der Waals surface area contributed by atoms with Gasteiger partial charge in [-0.05, 0) is 55.5 Å². The zero-order valence-electron chi connectivity index (χ0n) is 22.3. The van der Waals surface area contributed by atoms with Gasteiger partial charge in [-0.1, -0.05) is 20.8 Å². The molecule has 5 atom stereocenters. The van der Waals surface area contributed by atoms with Crippen LogP contribution in [0.1, 0.15) is 60.3 Å². The number of primary amides is 1. The van der Waals surface area contributed by atoms with E-state index in [1.807, 2.05) is 0 Å². The topological polar surface area (TPSA) is 225 Å². The lowest BCUT2D eigenvalue weighted by molar-refractivity contribution is -0.148. The number of rotatable bonds is 4. The van der Waals surface area contributed by atoms with Crippen LogP contribution in [0.5, 0.6) is 5.75 Å². The molecule has 1 aromatic carbocycles. The van der Waals surface area contributed by atoms with Gasteiger partial charge in [0.05, 0.1) is 11.6 Å². The van der Waals surface area contributed by atoms with Gasteiger partial charge in [0.2, 0.25) is 5.78 Å². The Hall–Kier alpha value is -3.74. The summed E-state index contributed by atoms with van der Waals surface area (Å²) in [5.74, 6) is -9.01. The van der Waals surface area contributed by atoms with Crippen molar-refractivity contribution in [3.8, 4) is 5.75 Å². The molecule has 1 unspecified atom stereocenters. The molecule has 0 aliphatic heterocycles. The first-order valence-electron chi connectivity index (χ1n) is 12.4. The van der Waals surface area contributed by atoms with E-state index in [0.717, 1.165) is 0 Å². The molecule has 39 heavy (non-hydrogen) atoms. The zero-order chi connectivity index (χ0) is 29.5. The number of nitrogens with two attached hydrogens (primary N) is 2. The Kier molecular flexibility index (Phi) is 6.45. The Bertz CT molecular complexity index is 1400. The van der Waals surface area contributed by atoms with Gasteiger partial charge in [0.25, 0.3) is 5.91 Å². The van der Waals surface area contributed by atoms with E-state index in [-0.39, 0.29) is 40.7 Å². The summed E-state index contributed by atoms with van der Waals surface area (Å²) in [5.41, 5.74) is 6.91. The van der Waals surface area contributed by atoms with Gasteiger partial charge in [0, 0.05) is 17.1 Å². The molecule has 0 saturated carbocycles. The van der Waals surface area contributed by atoms with Crippen molar-refractivity contribution in [1.29, 1.82) is 0 Å². The number of carboxylic acid groups (broad SMARTS) is 1. The second-order valence-corrected chi connectivity index (χ2v) is 11.7. The van der Waals surface area contributed by atoms with Gasteiger partial charge in [0.1, 0.15) is 28.9 Å². The highest BCUT2D eigenvalue weighted by Gasteiger charge is 2.63. The number of aliphatic carboxylic acids is 1. The van der Waals surface area contributed by atoms with E-state index in [0.29, 0.717) is 0 Å². The van der Waals surface area contributed by atoms with Crippen LogP contribution in [0, 0.1) is 11.8 Å². The number of likely N-dealkylation sites (N-methyl/N-ethyl adjacent to an activating group) is 1. The number of benzene rings is 1. The standard InChI is InChI=1S/C27H33N3O9/c1-26(2,3)13-8-11(17(28)25(37)38)10-6-9-7-12-18(30(4)5)21(33)16(24(29)36)23(35)27(12,39)22(34)14(9)20(32)15(10)19(13)31/h8-9,12,17-18,31,33-34,39H,6-7,28H2,1-5H3,(H2,29,36)(H,37,38)/t9-,12+,17?,18+,27+/m1/s1. The first-order valence-corrected chi connectivity index (χ1v) is 12.4. The number of phenolic OH excluding ortho intramolecular Hbond substituents is 1. The number of aliphatic hydroxyl groups excluding tert-OH is 2. The van der Waals surface area contributed by atoms with Crippen LogP contribution in [0.2, 0.25) is 0 Å². The third-order valence-electron chi connectivity index (χ3n) is 8.17. The lowest BCUT2D eigenvalue weighted by Crippen LogP contribution is -2.63. The molecule has 3 aliphatic carbocycles. The van der Waals surface area contributed by atoms with Crippen LogP contribution in [-0.2, 0) is 26.2 Å². The lowest BCUT2D eigenvalue weighted by atomic mass is 9.58. The number of ketones is 2. The average Bonchev–Trinajstić information content (AvgIpc) is 2.79. The average molecular weight is 544 g/mol. The summed E-state index contributed by atoms with van der Waals surface area (Å²) in [7, 11) is 3.06. The van der Waals surface area contributed by atoms with Gasteiger partial charge in [0.15, 0.2) is 11.4 Å². The molecule has 1 aromatic rings. The predicted octanol–water partition coefficient (Wildman–Crippen LogP) is 0.503. The number of amides is 1. The molecule has 0 bridgehead atoms. The summed E-state index contributed by atoms with van der Waals surface area (Å²) < 4.78 is 0. The second-order valence-electron chi connectivity index (χ2n) is 11.7. The lowest BCUT2D eigenvalue weighted by Gasteiger charge is -2.50. The van der Waals surface area contributed by atoms with Gasteiger partial charge < -0.3 is 37.0 Å². The normalized spacial score (nSPS) is 27.7. The van der Waals surface area contributed by atoms with Crippen LogP contribution < -0.4 is 11.5 Å². The molecule has 0 saturated heterocycles. The van der Waals surface area contributed by atoms with Gasteiger partial charge >= 0.3 is 5.97 Å². The van der Waals surface area contributed by atoms with Gasteiger partial charge in [-0.25, -0.2) is 0 Å². The summed E-state index contributed by atoms with van der Waals surface area (Å²) >= 11 is 0. The summed E-state index contributed by atoms with van der Waals surface area (Å²) in [5, 5.41) is 54.9. The zero-order valence-corrected chi connectivity index (χ0v) is 22.3. The maximum atomic E-state index is 14.0. The fraction of sp³-hybridized carbons (Fsp3) is 0.481. The number of carbonyl (C=O) groups excluding carboxylic acids is 3. The van der Waals surface area contributed by atoms with Crippen molar-refractivity contribution < 1.29 is 44.7 Å². The number of aromatic hydroxyl groups is 1.